The topological polar surface area (TPSA) is 55.1 Å². The van der Waals surface area contributed by atoms with E-state index in [0.29, 0.717) is 12.0 Å². The molecule has 21 heavy (non-hydrogen) atoms. The van der Waals surface area contributed by atoms with Crippen LogP contribution in [0, 0.1) is 6.92 Å². The average molecular weight is 306 g/mol. The molecule has 0 N–H and O–H groups in total. The Balaban J connectivity index is 1.66. The van der Waals surface area contributed by atoms with Gasteiger partial charge < -0.3 is 4.52 Å². The van der Waals surface area contributed by atoms with Crippen LogP contribution in [-0.4, -0.2) is 33.1 Å². The first-order chi connectivity index (χ1) is 10.1. The summed E-state index contributed by atoms with van der Waals surface area (Å²) in [5, 5.41) is 4.19. The number of likely N-dealkylation sites (tertiary alicyclic amines) is 1. The largest absolute Gasteiger partial charge is 0.339 e. The highest BCUT2D eigenvalue weighted by Gasteiger charge is 2.30. The van der Waals surface area contributed by atoms with Crippen molar-refractivity contribution in [1.82, 2.24) is 20.0 Å². The molecular formula is C15H22N4OS. The predicted octanol–water partition coefficient (Wildman–Crippen LogP) is 3.34. The first-order valence-corrected chi connectivity index (χ1v) is 8.49. The van der Waals surface area contributed by atoms with Gasteiger partial charge in [-0.15, -0.1) is 11.3 Å². The Kier molecular flexibility index (Phi) is 4.35. The van der Waals surface area contributed by atoms with E-state index in [4.69, 9.17) is 4.52 Å². The Morgan fingerprint density at radius 1 is 1.48 bits per heavy atom. The lowest BCUT2D eigenvalue weighted by molar-refractivity contribution is 0.245. The van der Waals surface area contributed by atoms with Gasteiger partial charge in [-0.3, -0.25) is 4.90 Å². The molecule has 3 heterocycles. The maximum atomic E-state index is 5.36. The summed E-state index contributed by atoms with van der Waals surface area (Å²) in [6.45, 7) is 8.40. The Morgan fingerprint density at radius 3 is 3.00 bits per heavy atom. The molecule has 1 unspecified atom stereocenters. The molecule has 3 rings (SSSR count). The van der Waals surface area contributed by atoms with Gasteiger partial charge in [0.1, 0.15) is 0 Å². The fourth-order valence-corrected chi connectivity index (χ4v) is 3.59. The number of thiazole rings is 1. The molecule has 0 bridgehead atoms. The lowest BCUT2D eigenvalue weighted by atomic mass is 10.2. The molecule has 0 spiro atoms. The molecule has 0 amide bonds. The molecule has 1 aliphatic heterocycles. The van der Waals surface area contributed by atoms with Crippen LogP contribution in [0.2, 0.25) is 0 Å². The maximum absolute atomic E-state index is 5.36. The first-order valence-electron chi connectivity index (χ1n) is 7.61. The van der Waals surface area contributed by atoms with Crippen LogP contribution < -0.4 is 0 Å². The molecule has 0 saturated carbocycles. The van der Waals surface area contributed by atoms with Gasteiger partial charge in [-0.1, -0.05) is 19.0 Å². The lowest BCUT2D eigenvalue weighted by Gasteiger charge is -2.21. The fourth-order valence-electron chi connectivity index (χ4n) is 2.81. The maximum Gasteiger partial charge on any atom is 0.229 e. The number of hydrogen-bond acceptors (Lipinski definition) is 6. The zero-order valence-corrected chi connectivity index (χ0v) is 13.7. The van der Waals surface area contributed by atoms with Crippen molar-refractivity contribution in [2.45, 2.75) is 52.0 Å². The fraction of sp³-hybridized carbons (Fsp3) is 0.667. The van der Waals surface area contributed by atoms with E-state index in [9.17, 15) is 0 Å². The zero-order valence-electron chi connectivity index (χ0n) is 12.9. The molecule has 114 valence electrons. The van der Waals surface area contributed by atoms with Crippen molar-refractivity contribution < 1.29 is 4.52 Å². The van der Waals surface area contributed by atoms with Crippen LogP contribution in [-0.2, 0) is 6.42 Å². The molecule has 1 fully saturated rings. The van der Waals surface area contributed by atoms with Crippen LogP contribution >= 0.6 is 11.3 Å². The minimum absolute atomic E-state index is 0.293. The molecule has 0 aromatic carbocycles. The third-order valence-electron chi connectivity index (χ3n) is 4.08. The van der Waals surface area contributed by atoms with Crippen molar-refractivity contribution in [3.05, 3.63) is 27.8 Å². The van der Waals surface area contributed by atoms with Gasteiger partial charge in [-0.2, -0.15) is 4.98 Å². The van der Waals surface area contributed by atoms with E-state index in [1.54, 1.807) is 11.3 Å². The van der Waals surface area contributed by atoms with Crippen molar-refractivity contribution in [3.63, 3.8) is 0 Å². The number of aryl methyl sites for hydroxylation is 1. The number of rotatable bonds is 5. The van der Waals surface area contributed by atoms with E-state index >= 15 is 0 Å². The van der Waals surface area contributed by atoms with Crippen LogP contribution in [0.5, 0.6) is 0 Å². The number of hydrogen-bond donors (Lipinski definition) is 0. The number of aromatic nitrogens is 3. The Labute approximate surface area is 129 Å². The monoisotopic (exact) mass is 306 g/mol. The van der Waals surface area contributed by atoms with E-state index in [2.05, 4.69) is 40.8 Å². The molecule has 0 radical (unpaired) electrons. The Morgan fingerprint density at radius 2 is 2.33 bits per heavy atom. The summed E-state index contributed by atoms with van der Waals surface area (Å²) < 4.78 is 5.36. The van der Waals surface area contributed by atoms with Gasteiger partial charge in [0.05, 0.1) is 17.2 Å². The van der Waals surface area contributed by atoms with E-state index in [1.165, 1.54) is 11.3 Å². The van der Waals surface area contributed by atoms with E-state index in [1.807, 2.05) is 5.51 Å². The highest BCUT2D eigenvalue weighted by atomic mass is 32.1. The summed E-state index contributed by atoms with van der Waals surface area (Å²) in [4.78, 5) is 12.8. The van der Waals surface area contributed by atoms with Crippen LogP contribution in [0.4, 0.5) is 0 Å². The molecule has 1 atom stereocenters. The third kappa shape index (κ3) is 3.16. The highest BCUT2D eigenvalue weighted by Crippen LogP contribution is 2.31. The molecule has 2 aromatic rings. The second-order valence-electron chi connectivity index (χ2n) is 5.95. The summed E-state index contributed by atoms with van der Waals surface area (Å²) in [7, 11) is 0. The standard InChI is InChI=1S/C15H22N4OS/c1-10(2)15-17-14(18-20-15)12-5-4-7-19(12)8-6-13-11(3)16-9-21-13/h9-10,12H,4-8H2,1-3H3. The minimum Gasteiger partial charge on any atom is -0.339 e. The van der Waals surface area contributed by atoms with E-state index < -0.39 is 0 Å². The smallest absolute Gasteiger partial charge is 0.229 e. The summed E-state index contributed by atoms with van der Waals surface area (Å²) in [5.74, 6) is 1.90. The van der Waals surface area contributed by atoms with Gasteiger partial charge in [0.2, 0.25) is 5.89 Å². The van der Waals surface area contributed by atoms with Gasteiger partial charge in [-0.05, 0) is 32.7 Å². The summed E-state index contributed by atoms with van der Waals surface area (Å²) in [6, 6.07) is 0.314. The van der Waals surface area contributed by atoms with Crippen molar-refractivity contribution >= 4 is 11.3 Å². The van der Waals surface area contributed by atoms with E-state index in [0.717, 1.165) is 43.3 Å². The minimum atomic E-state index is 0.293. The summed E-state index contributed by atoms with van der Waals surface area (Å²) in [5.41, 5.74) is 3.10. The van der Waals surface area contributed by atoms with Crippen molar-refractivity contribution in [3.8, 4) is 0 Å². The molecule has 5 nitrogen and oxygen atoms in total. The van der Waals surface area contributed by atoms with Gasteiger partial charge in [0.15, 0.2) is 5.82 Å². The van der Waals surface area contributed by atoms with Gasteiger partial charge in [-0.25, -0.2) is 4.98 Å². The first kappa shape index (κ1) is 14.7. The molecular weight excluding hydrogens is 284 g/mol. The highest BCUT2D eigenvalue weighted by molar-refractivity contribution is 7.09. The van der Waals surface area contributed by atoms with Crippen molar-refractivity contribution in [2.75, 3.05) is 13.1 Å². The molecule has 2 aromatic heterocycles. The lowest BCUT2D eigenvalue weighted by Crippen LogP contribution is -2.26. The quantitative estimate of drug-likeness (QED) is 0.848. The molecule has 6 heteroatoms. The van der Waals surface area contributed by atoms with Gasteiger partial charge in [0, 0.05) is 17.3 Å². The van der Waals surface area contributed by atoms with E-state index in [-0.39, 0.29) is 0 Å². The second-order valence-corrected chi connectivity index (χ2v) is 6.89. The zero-order chi connectivity index (χ0) is 14.8. The molecule has 1 aliphatic rings. The van der Waals surface area contributed by atoms with Gasteiger partial charge >= 0.3 is 0 Å². The van der Waals surface area contributed by atoms with Crippen LogP contribution in [0.1, 0.15) is 60.9 Å². The molecule has 1 saturated heterocycles. The van der Waals surface area contributed by atoms with Crippen molar-refractivity contribution in [2.24, 2.45) is 0 Å². The van der Waals surface area contributed by atoms with Crippen LogP contribution in [0.25, 0.3) is 0 Å². The third-order valence-corrected chi connectivity index (χ3v) is 5.08. The number of nitrogens with zero attached hydrogens (tertiary/aromatic N) is 4. The van der Waals surface area contributed by atoms with Gasteiger partial charge in [0.25, 0.3) is 0 Å². The Bertz CT molecular complexity index is 592. The van der Waals surface area contributed by atoms with Crippen molar-refractivity contribution in [1.29, 1.82) is 0 Å². The predicted molar refractivity (Wildman–Crippen MR) is 82.5 cm³/mol. The summed E-state index contributed by atoms with van der Waals surface area (Å²) >= 11 is 1.75. The SMILES string of the molecule is Cc1ncsc1CCN1CCCC1c1noc(C(C)C)n1. The van der Waals surface area contributed by atoms with Crippen LogP contribution in [0.15, 0.2) is 10.0 Å². The normalized spacial score (nSPS) is 19.7. The average Bonchev–Trinajstić information content (AvgIpc) is 3.16. The summed E-state index contributed by atoms with van der Waals surface area (Å²) in [6.07, 6.45) is 3.39. The van der Waals surface area contributed by atoms with Crippen LogP contribution in [0.3, 0.4) is 0 Å². The Hall–Kier alpha value is -1.27. The second kappa shape index (κ2) is 6.23. The molecule has 0 aliphatic carbocycles.